The van der Waals surface area contributed by atoms with Crippen LogP contribution in [0, 0.1) is 11.8 Å². The van der Waals surface area contributed by atoms with E-state index in [1.54, 1.807) is 0 Å². The van der Waals surface area contributed by atoms with Crippen LogP contribution in [-0.4, -0.2) is 46.1 Å². The van der Waals surface area contributed by atoms with Crippen LogP contribution in [0.25, 0.3) is 0 Å². The molecule has 1 aromatic carbocycles. The Kier molecular flexibility index (Phi) is 5.51. The summed E-state index contributed by atoms with van der Waals surface area (Å²) in [7, 11) is 0. The number of hydrogen-bond donors (Lipinski definition) is 0. The van der Waals surface area contributed by atoms with E-state index in [0.717, 1.165) is 50.5 Å². The molecular formula is C23H30N2O3. The highest BCUT2D eigenvalue weighted by Crippen LogP contribution is 2.39. The number of carbonyl (C=O) groups excluding carboxylic acids is 3. The molecule has 3 amide bonds. The van der Waals surface area contributed by atoms with Crippen LogP contribution in [0.3, 0.4) is 0 Å². The molecule has 1 aromatic rings. The van der Waals surface area contributed by atoms with Gasteiger partial charge in [-0.1, -0.05) is 43.2 Å². The lowest BCUT2D eigenvalue weighted by Crippen LogP contribution is -2.55. The second-order valence-electron chi connectivity index (χ2n) is 8.63. The van der Waals surface area contributed by atoms with Gasteiger partial charge in [0.05, 0.1) is 11.8 Å². The Morgan fingerprint density at radius 1 is 0.964 bits per heavy atom. The third kappa shape index (κ3) is 3.47. The minimum atomic E-state index is -0.714. The molecule has 4 rings (SSSR count). The van der Waals surface area contributed by atoms with E-state index in [-0.39, 0.29) is 35.6 Å². The van der Waals surface area contributed by atoms with Crippen molar-refractivity contribution in [2.24, 2.45) is 11.8 Å². The summed E-state index contributed by atoms with van der Waals surface area (Å²) in [4.78, 5) is 43.2. The maximum atomic E-state index is 13.6. The van der Waals surface area contributed by atoms with Crippen LogP contribution in [0.2, 0.25) is 0 Å². The molecule has 0 N–H and O–H groups in total. The van der Waals surface area contributed by atoms with Crippen LogP contribution in [0.5, 0.6) is 0 Å². The normalized spacial score (nSPS) is 29.0. The lowest BCUT2D eigenvalue weighted by Gasteiger charge is -2.38. The Hall–Kier alpha value is -2.17. The van der Waals surface area contributed by atoms with Gasteiger partial charge in [0, 0.05) is 19.0 Å². The van der Waals surface area contributed by atoms with E-state index in [2.05, 4.69) is 6.92 Å². The van der Waals surface area contributed by atoms with Gasteiger partial charge in [0.2, 0.25) is 17.7 Å². The molecule has 2 saturated heterocycles. The van der Waals surface area contributed by atoms with Gasteiger partial charge in [0.25, 0.3) is 0 Å². The van der Waals surface area contributed by atoms with E-state index in [1.165, 1.54) is 4.90 Å². The molecule has 150 valence electrons. The number of amides is 3. The highest BCUT2D eigenvalue weighted by atomic mass is 16.2. The monoisotopic (exact) mass is 382 g/mol. The van der Waals surface area contributed by atoms with Crippen LogP contribution in [0.1, 0.15) is 57.4 Å². The molecule has 0 unspecified atom stereocenters. The van der Waals surface area contributed by atoms with Crippen molar-refractivity contribution in [1.82, 2.24) is 9.80 Å². The van der Waals surface area contributed by atoms with Crippen LogP contribution in [-0.2, 0) is 20.8 Å². The quantitative estimate of drug-likeness (QED) is 0.752. The third-order valence-electron chi connectivity index (χ3n) is 6.83. The lowest BCUT2D eigenvalue weighted by molar-refractivity contribution is -0.153. The molecule has 3 aliphatic rings. The van der Waals surface area contributed by atoms with Crippen LogP contribution in [0.15, 0.2) is 30.3 Å². The summed E-state index contributed by atoms with van der Waals surface area (Å²) in [5.74, 6) is -0.726. The number of rotatable bonds is 4. The van der Waals surface area contributed by atoms with Crippen molar-refractivity contribution in [1.29, 1.82) is 0 Å². The molecule has 5 nitrogen and oxygen atoms in total. The number of piperidine rings is 1. The van der Waals surface area contributed by atoms with E-state index in [0.29, 0.717) is 13.0 Å². The topological polar surface area (TPSA) is 57.7 Å². The predicted molar refractivity (Wildman–Crippen MR) is 106 cm³/mol. The first kappa shape index (κ1) is 19.2. The van der Waals surface area contributed by atoms with E-state index >= 15 is 0 Å². The molecule has 4 atom stereocenters. The van der Waals surface area contributed by atoms with Crippen LogP contribution in [0.4, 0.5) is 0 Å². The fourth-order valence-electron chi connectivity index (χ4n) is 5.24. The maximum absolute atomic E-state index is 13.6. The minimum absolute atomic E-state index is 0.0589. The molecular weight excluding hydrogens is 352 g/mol. The zero-order valence-electron chi connectivity index (χ0n) is 16.7. The van der Waals surface area contributed by atoms with Gasteiger partial charge in [-0.05, 0) is 44.6 Å². The highest BCUT2D eigenvalue weighted by Gasteiger charge is 2.52. The smallest absolute Gasteiger partial charge is 0.246 e. The first-order chi connectivity index (χ1) is 13.6. The van der Waals surface area contributed by atoms with Gasteiger partial charge in [0.15, 0.2) is 0 Å². The average Bonchev–Trinajstić information content (AvgIpc) is 2.98. The van der Waals surface area contributed by atoms with Crippen molar-refractivity contribution in [3.05, 3.63) is 35.9 Å². The fraction of sp³-hybridized carbons (Fsp3) is 0.609. The predicted octanol–water partition coefficient (Wildman–Crippen LogP) is 3.17. The Bertz CT molecular complexity index is 723. The van der Waals surface area contributed by atoms with Crippen molar-refractivity contribution < 1.29 is 14.4 Å². The maximum Gasteiger partial charge on any atom is 0.246 e. The standard InChI is InChI=1S/C23H30N2O3/c1-16-9-7-8-14-24(16)23(28)20(15-17-10-3-2-4-11-17)25-21(26)18-12-5-6-13-19(18)22(25)27/h2-4,10-11,16,18-20H,5-9,12-15H2,1H3/t16-,18-,19-,20+/m1/s1. The Balaban J connectivity index is 1.65. The molecule has 5 heteroatoms. The zero-order chi connectivity index (χ0) is 19.7. The molecule has 2 heterocycles. The molecule has 0 spiro atoms. The average molecular weight is 383 g/mol. The highest BCUT2D eigenvalue weighted by molar-refractivity contribution is 6.08. The van der Waals surface area contributed by atoms with Gasteiger partial charge in [-0.2, -0.15) is 0 Å². The van der Waals surface area contributed by atoms with Crippen molar-refractivity contribution in [2.45, 2.75) is 70.4 Å². The second kappa shape index (κ2) is 8.06. The first-order valence-electron chi connectivity index (χ1n) is 10.8. The van der Waals surface area contributed by atoms with Gasteiger partial charge in [-0.3, -0.25) is 19.3 Å². The van der Waals surface area contributed by atoms with Crippen molar-refractivity contribution in [3.8, 4) is 0 Å². The van der Waals surface area contributed by atoms with Gasteiger partial charge in [-0.15, -0.1) is 0 Å². The summed E-state index contributed by atoms with van der Waals surface area (Å²) in [6, 6.07) is 9.20. The molecule has 3 fully saturated rings. The zero-order valence-corrected chi connectivity index (χ0v) is 16.7. The number of nitrogens with zero attached hydrogens (tertiary/aromatic N) is 2. The minimum Gasteiger partial charge on any atom is -0.338 e. The van der Waals surface area contributed by atoms with Gasteiger partial charge < -0.3 is 4.90 Å². The first-order valence-corrected chi connectivity index (χ1v) is 10.8. The molecule has 1 aliphatic carbocycles. The summed E-state index contributed by atoms with van der Waals surface area (Å²) in [6.07, 6.45) is 7.04. The summed E-state index contributed by atoms with van der Waals surface area (Å²) in [6.45, 7) is 2.79. The van der Waals surface area contributed by atoms with Crippen molar-refractivity contribution >= 4 is 17.7 Å². The Labute approximate surface area is 167 Å². The van der Waals surface area contributed by atoms with Crippen LogP contribution < -0.4 is 0 Å². The largest absolute Gasteiger partial charge is 0.338 e. The second-order valence-corrected chi connectivity index (χ2v) is 8.63. The van der Waals surface area contributed by atoms with E-state index in [4.69, 9.17) is 0 Å². The molecule has 0 bridgehead atoms. The molecule has 0 aromatic heterocycles. The van der Waals surface area contributed by atoms with Crippen LogP contribution >= 0.6 is 0 Å². The molecule has 0 radical (unpaired) electrons. The fourth-order valence-corrected chi connectivity index (χ4v) is 5.24. The number of imide groups is 1. The Morgan fingerprint density at radius 3 is 2.18 bits per heavy atom. The summed E-state index contributed by atoms with van der Waals surface area (Å²) >= 11 is 0. The van der Waals surface area contributed by atoms with E-state index < -0.39 is 6.04 Å². The lowest BCUT2D eigenvalue weighted by atomic mass is 9.81. The number of fused-ring (bicyclic) bond motifs is 1. The van der Waals surface area contributed by atoms with Gasteiger partial charge >= 0.3 is 0 Å². The number of benzene rings is 1. The Morgan fingerprint density at radius 2 is 1.57 bits per heavy atom. The van der Waals surface area contributed by atoms with Crippen molar-refractivity contribution in [2.75, 3.05) is 6.54 Å². The van der Waals surface area contributed by atoms with E-state index in [9.17, 15) is 14.4 Å². The van der Waals surface area contributed by atoms with Gasteiger partial charge in [-0.25, -0.2) is 0 Å². The van der Waals surface area contributed by atoms with Gasteiger partial charge in [0.1, 0.15) is 6.04 Å². The van der Waals surface area contributed by atoms with E-state index in [1.807, 2.05) is 35.2 Å². The molecule has 1 saturated carbocycles. The SMILES string of the molecule is C[C@@H]1CCCCN1C(=O)[C@H](Cc1ccccc1)N1C(=O)[C@@H]2CCCC[C@H]2C1=O. The summed E-state index contributed by atoms with van der Waals surface area (Å²) in [5, 5.41) is 0. The summed E-state index contributed by atoms with van der Waals surface area (Å²) in [5.41, 5.74) is 0.987. The number of carbonyl (C=O) groups is 3. The van der Waals surface area contributed by atoms with Crippen molar-refractivity contribution in [3.63, 3.8) is 0 Å². The number of hydrogen-bond acceptors (Lipinski definition) is 3. The summed E-state index contributed by atoms with van der Waals surface area (Å²) < 4.78 is 0. The molecule has 28 heavy (non-hydrogen) atoms. The molecule has 2 aliphatic heterocycles. The number of likely N-dealkylation sites (tertiary alicyclic amines) is 2. The third-order valence-corrected chi connectivity index (χ3v) is 6.83.